The van der Waals surface area contributed by atoms with Gasteiger partial charge in [-0.05, 0) is 18.6 Å². The average molecular weight is 207 g/mol. The minimum atomic E-state index is 0.283. The molecule has 15 heavy (non-hydrogen) atoms. The summed E-state index contributed by atoms with van der Waals surface area (Å²) in [6, 6.07) is 8.03. The molecule has 1 aromatic carbocycles. The van der Waals surface area contributed by atoms with Gasteiger partial charge in [-0.1, -0.05) is 12.1 Å². The number of anilines is 1. The minimum absolute atomic E-state index is 0.283. The number of aliphatic hydroxyl groups is 1. The summed E-state index contributed by atoms with van der Waals surface area (Å²) in [7, 11) is 1.69. The van der Waals surface area contributed by atoms with Crippen LogP contribution < -0.4 is 9.64 Å². The smallest absolute Gasteiger partial charge is 0.142 e. The SMILES string of the molecule is COc1ccccc1N1CCC(CO)C1. The largest absolute Gasteiger partial charge is 0.495 e. The van der Waals surface area contributed by atoms with Crippen molar-refractivity contribution in [1.29, 1.82) is 0 Å². The summed E-state index contributed by atoms with van der Waals surface area (Å²) in [4.78, 5) is 2.28. The van der Waals surface area contributed by atoms with Gasteiger partial charge in [0.05, 0.1) is 12.8 Å². The van der Waals surface area contributed by atoms with Gasteiger partial charge >= 0.3 is 0 Å². The number of hydrogen-bond acceptors (Lipinski definition) is 3. The zero-order valence-electron chi connectivity index (χ0n) is 9.02. The number of nitrogens with zero attached hydrogens (tertiary/aromatic N) is 1. The van der Waals surface area contributed by atoms with Crippen LogP contribution in [0.25, 0.3) is 0 Å². The van der Waals surface area contributed by atoms with E-state index in [2.05, 4.69) is 11.0 Å². The van der Waals surface area contributed by atoms with Gasteiger partial charge in [0.2, 0.25) is 0 Å². The third-order valence-corrected chi connectivity index (χ3v) is 2.97. The van der Waals surface area contributed by atoms with E-state index in [0.29, 0.717) is 5.92 Å². The van der Waals surface area contributed by atoms with Crippen LogP contribution in [0.15, 0.2) is 24.3 Å². The van der Waals surface area contributed by atoms with Crippen LogP contribution in [0, 0.1) is 5.92 Å². The van der Waals surface area contributed by atoms with Crippen molar-refractivity contribution in [2.45, 2.75) is 6.42 Å². The predicted octanol–water partition coefficient (Wildman–Crippen LogP) is 1.51. The van der Waals surface area contributed by atoms with E-state index in [1.54, 1.807) is 7.11 Å². The summed E-state index contributed by atoms with van der Waals surface area (Å²) in [5, 5.41) is 9.10. The number of methoxy groups -OCH3 is 1. The lowest BCUT2D eigenvalue weighted by Crippen LogP contribution is -2.21. The summed E-state index contributed by atoms with van der Waals surface area (Å²) < 4.78 is 5.32. The van der Waals surface area contributed by atoms with E-state index in [1.807, 2.05) is 18.2 Å². The van der Waals surface area contributed by atoms with Crippen molar-refractivity contribution in [3.05, 3.63) is 24.3 Å². The molecule has 1 unspecified atom stereocenters. The second-order valence-corrected chi connectivity index (χ2v) is 3.96. The van der Waals surface area contributed by atoms with Gasteiger partial charge in [-0.2, -0.15) is 0 Å². The fraction of sp³-hybridized carbons (Fsp3) is 0.500. The molecule has 0 aliphatic carbocycles. The number of rotatable bonds is 3. The molecule has 3 nitrogen and oxygen atoms in total. The van der Waals surface area contributed by atoms with Gasteiger partial charge in [0.25, 0.3) is 0 Å². The fourth-order valence-corrected chi connectivity index (χ4v) is 2.09. The third kappa shape index (κ3) is 2.07. The summed E-state index contributed by atoms with van der Waals surface area (Å²) in [6.07, 6.45) is 1.06. The summed E-state index contributed by atoms with van der Waals surface area (Å²) in [5.74, 6) is 1.33. The van der Waals surface area contributed by atoms with Gasteiger partial charge in [0.1, 0.15) is 5.75 Å². The molecule has 1 fully saturated rings. The summed E-state index contributed by atoms with van der Waals surface area (Å²) in [6.45, 7) is 2.22. The van der Waals surface area contributed by atoms with Crippen LogP contribution >= 0.6 is 0 Å². The van der Waals surface area contributed by atoms with Crippen molar-refractivity contribution < 1.29 is 9.84 Å². The van der Waals surface area contributed by atoms with E-state index < -0.39 is 0 Å². The molecule has 0 saturated carbocycles. The molecule has 1 aromatic rings. The van der Waals surface area contributed by atoms with Crippen molar-refractivity contribution in [2.24, 2.45) is 5.92 Å². The molecule has 1 atom stereocenters. The second kappa shape index (κ2) is 4.53. The van der Waals surface area contributed by atoms with Gasteiger partial charge in [-0.15, -0.1) is 0 Å². The molecule has 1 aliphatic heterocycles. The summed E-state index contributed by atoms with van der Waals surface area (Å²) >= 11 is 0. The third-order valence-electron chi connectivity index (χ3n) is 2.97. The molecule has 0 spiro atoms. The molecule has 0 bridgehead atoms. The van der Waals surface area contributed by atoms with Crippen LogP contribution in [0.5, 0.6) is 5.75 Å². The lowest BCUT2D eigenvalue weighted by atomic mass is 10.1. The Morgan fingerprint density at radius 1 is 1.47 bits per heavy atom. The van der Waals surface area contributed by atoms with E-state index in [1.165, 1.54) is 0 Å². The van der Waals surface area contributed by atoms with Gasteiger partial charge < -0.3 is 14.7 Å². The van der Waals surface area contributed by atoms with Gasteiger partial charge in [0.15, 0.2) is 0 Å². The lowest BCUT2D eigenvalue weighted by Gasteiger charge is -2.20. The molecule has 1 aliphatic rings. The van der Waals surface area contributed by atoms with Crippen LogP contribution in [0.3, 0.4) is 0 Å². The van der Waals surface area contributed by atoms with Crippen molar-refractivity contribution >= 4 is 5.69 Å². The van der Waals surface area contributed by atoms with Crippen molar-refractivity contribution in [2.75, 3.05) is 31.7 Å². The van der Waals surface area contributed by atoms with Gasteiger partial charge in [0, 0.05) is 25.6 Å². The fourth-order valence-electron chi connectivity index (χ4n) is 2.09. The van der Waals surface area contributed by atoms with E-state index >= 15 is 0 Å². The van der Waals surface area contributed by atoms with E-state index in [4.69, 9.17) is 9.84 Å². The molecule has 2 rings (SSSR count). The number of aliphatic hydroxyl groups excluding tert-OH is 1. The zero-order chi connectivity index (χ0) is 10.7. The Labute approximate surface area is 90.3 Å². The predicted molar refractivity (Wildman–Crippen MR) is 60.4 cm³/mol. The van der Waals surface area contributed by atoms with Crippen molar-refractivity contribution in [3.63, 3.8) is 0 Å². The van der Waals surface area contributed by atoms with Crippen LogP contribution in [-0.4, -0.2) is 31.9 Å². The molecule has 0 radical (unpaired) electrons. The highest BCUT2D eigenvalue weighted by Gasteiger charge is 2.23. The van der Waals surface area contributed by atoms with Gasteiger partial charge in [-0.3, -0.25) is 0 Å². The minimum Gasteiger partial charge on any atom is -0.495 e. The van der Waals surface area contributed by atoms with Crippen LogP contribution in [-0.2, 0) is 0 Å². The highest BCUT2D eigenvalue weighted by Crippen LogP contribution is 2.31. The molecule has 1 heterocycles. The maximum atomic E-state index is 9.10. The first-order valence-electron chi connectivity index (χ1n) is 5.34. The first kappa shape index (κ1) is 10.3. The highest BCUT2D eigenvalue weighted by molar-refractivity contribution is 5.58. The molecule has 82 valence electrons. The maximum Gasteiger partial charge on any atom is 0.142 e. The highest BCUT2D eigenvalue weighted by atomic mass is 16.5. The average Bonchev–Trinajstić information content (AvgIpc) is 2.77. The number of ether oxygens (including phenoxy) is 1. The Bertz CT molecular complexity index is 327. The van der Waals surface area contributed by atoms with E-state index in [9.17, 15) is 0 Å². The standard InChI is InChI=1S/C12H17NO2/c1-15-12-5-3-2-4-11(12)13-7-6-10(8-13)9-14/h2-5,10,14H,6-9H2,1H3. The Morgan fingerprint density at radius 2 is 2.27 bits per heavy atom. The Morgan fingerprint density at radius 3 is 2.93 bits per heavy atom. The number of benzene rings is 1. The molecule has 3 heteroatoms. The number of para-hydroxylation sites is 2. The Hall–Kier alpha value is -1.22. The molecule has 1 saturated heterocycles. The van der Waals surface area contributed by atoms with Crippen molar-refractivity contribution in [3.8, 4) is 5.75 Å². The van der Waals surface area contributed by atoms with E-state index in [0.717, 1.165) is 30.9 Å². The zero-order valence-corrected chi connectivity index (χ0v) is 9.02. The normalized spacial score (nSPS) is 20.7. The molecular formula is C12H17NO2. The first-order valence-corrected chi connectivity index (χ1v) is 5.34. The quantitative estimate of drug-likeness (QED) is 0.815. The molecule has 1 N–H and O–H groups in total. The van der Waals surface area contributed by atoms with Crippen molar-refractivity contribution in [1.82, 2.24) is 0 Å². The molecular weight excluding hydrogens is 190 g/mol. The summed E-state index contributed by atoms with van der Waals surface area (Å²) in [5.41, 5.74) is 1.14. The van der Waals surface area contributed by atoms with Crippen LogP contribution in [0.4, 0.5) is 5.69 Å². The molecule has 0 amide bonds. The first-order chi connectivity index (χ1) is 7.35. The van der Waals surface area contributed by atoms with Crippen LogP contribution in [0.1, 0.15) is 6.42 Å². The van der Waals surface area contributed by atoms with Crippen LogP contribution in [0.2, 0.25) is 0 Å². The molecule has 0 aromatic heterocycles. The Kier molecular flexibility index (Phi) is 3.11. The Balaban J connectivity index is 2.16. The van der Waals surface area contributed by atoms with E-state index in [-0.39, 0.29) is 6.61 Å². The van der Waals surface area contributed by atoms with Gasteiger partial charge in [-0.25, -0.2) is 0 Å². The maximum absolute atomic E-state index is 9.10. The topological polar surface area (TPSA) is 32.7 Å². The lowest BCUT2D eigenvalue weighted by molar-refractivity contribution is 0.238. The number of hydrogen-bond donors (Lipinski definition) is 1. The monoisotopic (exact) mass is 207 g/mol. The second-order valence-electron chi connectivity index (χ2n) is 3.96.